The fraction of sp³-hybridized carbons (Fsp3) is 0.778. The van der Waals surface area contributed by atoms with Crippen LogP contribution in [0.25, 0.3) is 0 Å². The molecule has 23 heavy (non-hydrogen) atoms. The Morgan fingerprint density at radius 1 is 1.17 bits per heavy atom. The monoisotopic (exact) mass is 321 g/mol. The minimum absolute atomic E-state index is 0.293. The molecule has 0 N–H and O–H groups in total. The number of rotatable bonds is 5. The summed E-state index contributed by atoms with van der Waals surface area (Å²) in [5, 5.41) is 0. The summed E-state index contributed by atoms with van der Waals surface area (Å²) in [4.78, 5) is 2.48. The van der Waals surface area contributed by atoms with Gasteiger partial charge in [-0.1, -0.05) is 0 Å². The second-order valence-corrected chi connectivity index (χ2v) is 7.14. The van der Waals surface area contributed by atoms with Gasteiger partial charge in [0.25, 0.3) is 0 Å². The van der Waals surface area contributed by atoms with E-state index in [4.69, 9.17) is 18.6 Å². The van der Waals surface area contributed by atoms with E-state index < -0.39 is 0 Å². The molecule has 4 rings (SSSR count). The van der Waals surface area contributed by atoms with Gasteiger partial charge in [-0.2, -0.15) is 0 Å². The molecular weight excluding hydrogens is 294 g/mol. The Hall–Kier alpha value is -0.880. The third-order valence-electron chi connectivity index (χ3n) is 5.50. The minimum Gasteiger partial charge on any atom is -0.465 e. The quantitative estimate of drug-likeness (QED) is 0.832. The number of likely N-dealkylation sites (tertiary alicyclic amines) is 1. The highest BCUT2D eigenvalue weighted by Crippen LogP contribution is 2.34. The topological polar surface area (TPSA) is 44.1 Å². The van der Waals surface area contributed by atoms with Gasteiger partial charge in [-0.3, -0.25) is 4.90 Å². The molecule has 0 aromatic carbocycles. The third kappa shape index (κ3) is 3.48. The molecule has 0 spiro atoms. The Kier molecular flexibility index (Phi) is 4.71. The number of furan rings is 1. The van der Waals surface area contributed by atoms with Crippen LogP contribution in [0.5, 0.6) is 0 Å². The van der Waals surface area contributed by atoms with E-state index >= 15 is 0 Å². The van der Waals surface area contributed by atoms with Crippen molar-refractivity contribution in [1.82, 2.24) is 4.90 Å². The minimum atomic E-state index is 0.293. The number of nitrogens with zero attached hydrogens (tertiary/aromatic N) is 1. The Labute approximate surface area is 137 Å². The highest BCUT2D eigenvalue weighted by Gasteiger charge is 2.46. The summed E-state index contributed by atoms with van der Waals surface area (Å²) >= 11 is 0. The van der Waals surface area contributed by atoms with E-state index in [0.29, 0.717) is 24.0 Å². The van der Waals surface area contributed by atoms with Gasteiger partial charge in [-0.05, 0) is 37.8 Å². The van der Waals surface area contributed by atoms with Crippen molar-refractivity contribution in [3.63, 3.8) is 0 Å². The zero-order valence-electron chi connectivity index (χ0n) is 13.9. The molecule has 0 unspecified atom stereocenters. The lowest BCUT2D eigenvalue weighted by Gasteiger charge is -2.25. The van der Waals surface area contributed by atoms with Gasteiger partial charge in [0.15, 0.2) is 0 Å². The van der Waals surface area contributed by atoms with Gasteiger partial charge in [-0.15, -0.1) is 0 Å². The van der Waals surface area contributed by atoms with Gasteiger partial charge in [-0.25, -0.2) is 0 Å². The molecule has 3 aliphatic heterocycles. The summed E-state index contributed by atoms with van der Waals surface area (Å²) in [5.41, 5.74) is 0. The van der Waals surface area contributed by atoms with E-state index in [1.807, 2.05) is 13.0 Å². The van der Waals surface area contributed by atoms with Crippen LogP contribution in [0.1, 0.15) is 24.4 Å². The molecule has 5 heteroatoms. The maximum Gasteiger partial charge on any atom is 0.118 e. The second-order valence-electron chi connectivity index (χ2n) is 7.14. The van der Waals surface area contributed by atoms with E-state index in [1.54, 1.807) is 0 Å². The first-order chi connectivity index (χ1) is 11.3. The van der Waals surface area contributed by atoms with Crippen LogP contribution in [-0.2, 0) is 20.8 Å². The van der Waals surface area contributed by atoms with Gasteiger partial charge < -0.3 is 18.6 Å². The van der Waals surface area contributed by atoms with E-state index in [1.165, 1.54) is 0 Å². The van der Waals surface area contributed by atoms with Gasteiger partial charge in [0.1, 0.15) is 11.5 Å². The second kappa shape index (κ2) is 6.93. The molecule has 128 valence electrons. The van der Waals surface area contributed by atoms with Crippen molar-refractivity contribution in [3.05, 3.63) is 23.7 Å². The normalized spacial score (nSPS) is 32.5. The Morgan fingerprint density at radius 2 is 2.04 bits per heavy atom. The smallest absolute Gasteiger partial charge is 0.118 e. The number of ether oxygens (including phenoxy) is 3. The maximum absolute atomic E-state index is 6.32. The molecule has 1 aromatic heterocycles. The molecule has 3 atom stereocenters. The Morgan fingerprint density at radius 3 is 2.83 bits per heavy atom. The molecule has 1 aromatic rings. The van der Waals surface area contributed by atoms with Crippen molar-refractivity contribution in [2.24, 2.45) is 11.8 Å². The summed E-state index contributed by atoms with van der Waals surface area (Å²) in [6, 6.07) is 4.59. The molecule has 0 amide bonds. The van der Waals surface area contributed by atoms with Crippen LogP contribution in [0.3, 0.4) is 0 Å². The van der Waals surface area contributed by atoms with Gasteiger partial charge in [0.2, 0.25) is 0 Å². The number of aryl methyl sites for hydroxylation is 1. The molecule has 0 radical (unpaired) electrons. The zero-order valence-corrected chi connectivity index (χ0v) is 13.9. The Balaban J connectivity index is 1.34. The standard InChI is InChI=1S/C18H27NO4/c1-13-2-3-15(23-13)8-19-9-18(16-11-21-12-17(16)19)22-10-14-4-6-20-7-5-14/h2-3,14,16-18H,4-12H2,1H3/t16-,17+,18-/m0/s1. The SMILES string of the molecule is Cc1ccc(CN2C[C@H](OCC3CCOCC3)[C@H]3COC[C@H]32)o1. The Bertz CT molecular complexity index is 511. The molecule has 0 bridgehead atoms. The van der Waals surface area contributed by atoms with Crippen LogP contribution < -0.4 is 0 Å². The molecule has 0 saturated carbocycles. The van der Waals surface area contributed by atoms with E-state index in [-0.39, 0.29) is 0 Å². The highest BCUT2D eigenvalue weighted by atomic mass is 16.5. The summed E-state index contributed by atoms with van der Waals surface area (Å²) < 4.78 is 23.2. The molecule has 3 saturated heterocycles. The van der Waals surface area contributed by atoms with Crippen molar-refractivity contribution in [1.29, 1.82) is 0 Å². The fourth-order valence-corrected chi connectivity index (χ4v) is 4.09. The first-order valence-electron chi connectivity index (χ1n) is 8.86. The first-order valence-corrected chi connectivity index (χ1v) is 8.86. The third-order valence-corrected chi connectivity index (χ3v) is 5.50. The van der Waals surface area contributed by atoms with Gasteiger partial charge in [0.05, 0.1) is 32.5 Å². The van der Waals surface area contributed by atoms with Crippen molar-refractivity contribution < 1.29 is 18.6 Å². The maximum atomic E-state index is 6.32. The van der Waals surface area contributed by atoms with Crippen LogP contribution in [0.2, 0.25) is 0 Å². The zero-order chi connectivity index (χ0) is 15.6. The number of hydrogen-bond donors (Lipinski definition) is 0. The molecule has 3 fully saturated rings. The number of fused-ring (bicyclic) bond motifs is 1. The first kappa shape index (κ1) is 15.6. The summed E-state index contributed by atoms with van der Waals surface area (Å²) in [6.45, 7) is 8.13. The van der Waals surface area contributed by atoms with Crippen LogP contribution >= 0.6 is 0 Å². The van der Waals surface area contributed by atoms with Gasteiger partial charge in [0, 0.05) is 31.7 Å². The van der Waals surface area contributed by atoms with E-state index in [2.05, 4.69) is 11.0 Å². The summed E-state index contributed by atoms with van der Waals surface area (Å²) in [5.74, 6) is 3.18. The number of hydrogen-bond acceptors (Lipinski definition) is 5. The lowest BCUT2D eigenvalue weighted by molar-refractivity contribution is -0.0260. The molecular formula is C18H27NO4. The van der Waals surface area contributed by atoms with Crippen LogP contribution in [0.15, 0.2) is 16.5 Å². The van der Waals surface area contributed by atoms with E-state index in [0.717, 1.165) is 70.5 Å². The van der Waals surface area contributed by atoms with Gasteiger partial charge >= 0.3 is 0 Å². The summed E-state index contributed by atoms with van der Waals surface area (Å²) in [7, 11) is 0. The lowest BCUT2D eigenvalue weighted by atomic mass is 10.00. The molecule has 4 heterocycles. The van der Waals surface area contributed by atoms with Crippen LogP contribution in [0.4, 0.5) is 0 Å². The predicted octanol–water partition coefficient (Wildman–Crippen LogP) is 2.23. The average Bonchev–Trinajstić information content (AvgIpc) is 3.26. The highest BCUT2D eigenvalue weighted by molar-refractivity contribution is 5.07. The fourth-order valence-electron chi connectivity index (χ4n) is 4.09. The van der Waals surface area contributed by atoms with Crippen LogP contribution in [-0.4, -0.2) is 56.6 Å². The van der Waals surface area contributed by atoms with E-state index in [9.17, 15) is 0 Å². The summed E-state index contributed by atoms with van der Waals surface area (Å²) in [6.07, 6.45) is 2.56. The van der Waals surface area contributed by atoms with Crippen molar-refractivity contribution >= 4 is 0 Å². The van der Waals surface area contributed by atoms with Crippen molar-refractivity contribution in [3.8, 4) is 0 Å². The average molecular weight is 321 g/mol. The predicted molar refractivity (Wildman–Crippen MR) is 85.2 cm³/mol. The lowest BCUT2D eigenvalue weighted by Crippen LogP contribution is -2.32. The van der Waals surface area contributed by atoms with Crippen LogP contribution in [0, 0.1) is 18.8 Å². The molecule has 3 aliphatic rings. The van der Waals surface area contributed by atoms with Crippen molar-refractivity contribution in [2.45, 2.75) is 38.5 Å². The molecule has 5 nitrogen and oxygen atoms in total. The largest absolute Gasteiger partial charge is 0.465 e. The van der Waals surface area contributed by atoms with Crippen molar-refractivity contribution in [2.75, 3.05) is 39.6 Å². The molecule has 0 aliphatic carbocycles.